The van der Waals surface area contributed by atoms with Crippen molar-refractivity contribution in [1.29, 1.82) is 5.41 Å². The molecule has 0 fully saturated rings. The average molecular weight is 166 g/mol. The summed E-state index contributed by atoms with van der Waals surface area (Å²) in [7, 11) is 0. The van der Waals surface area contributed by atoms with Gasteiger partial charge in [-0.1, -0.05) is 27.7 Å². The third-order valence-electron chi connectivity index (χ3n) is 2.18. The Morgan fingerprint density at radius 1 is 1.50 bits per heavy atom. The van der Waals surface area contributed by atoms with Crippen LogP contribution in [0.4, 0.5) is 0 Å². The minimum atomic E-state index is 0.177. The summed E-state index contributed by atoms with van der Waals surface area (Å²) < 4.78 is 0. The molecule has 0 spiro atoms. The summed E-state index contributed by atoms with van der Waals surface area (Å²) >= 11 is 0. The second kappa shape index (κ2) is 4.19. The molecule has 68 valence electrons. The van der Waals surface area contributed by atoms with E-state index in [9.17, 15) is 0 Å². The first-order chi connectivity index (χ1) is 5.43. The van der Waals surface area contributed by atoms with Gasteiger partial charge in [-0.3, -0.25) is 4.99 Å². The summed E-state index contributed by atoms with van der Waals surface area (Å²) in [6.45, 7) is 12.1. The molecule has 0 amide bonds. The molecule has 0 radical (unpaired) electrons. The Morgan fingerprint density at radius 2 is 2.00 bits per heavy atom. The van der Waals surface area contributed by atoms with Gasteiger partial charge in [0, 0.05) is 17.8 Å². The van der Waals surface area contributed by atoms with Gasteiger partial charge in [-0.25, -0.2) is 0 Å². The SMILES string of the molecule is C=N/C(=C\C=N)C(C)C(C)(C)C. The van der Waals surface area contributed by atoms with Crippen LogP contribution in [0.25, 0.3) is 0 Å². The normalized spacial score (nSPS) is 15.5. The maximum atomic E-state index is 6.95. The Bertz CT molecular complexity index is 196. The molecule has 0 aliphatic carbocycles. The number of nitrogens with one attached hydrogen (secondary N) is 1. The molecule has 0 aromatic carbocycles. The molecule has 2 nitrogen and oxygen atoms in total. The van der Waals surface area contributed by atoms with Crippen molar-refractivity contribution in [3.8, 4) is 0 Å². The average Bonchev–Trinajstić information content (AvgIpc) is 1.97. The lowest BCUT2D eigenvalue weighted by molar-refractivity contribution is 0.299. The van der Waals surface area contributed by atoms with Crippen molar-refractivity contribution in [2.45, 2.75) is 27.7 Å². The van der Waals surface area contributed by atoms with Gasteiger partial charge in [0.1, 0.15) is 0 Å². The predicted octanol–water partition coefficient (Wildman–Crippen LogP) is 2.90. The maximum Gasteiger partial charge on any atom is 0.0444 e. The molecule has 2 heteroatoms. The Kier molecular flexibility index (Phi) is 3.87. The van der Waals surface area contributed by atoms with E-state index >= 15 is 0 Å². The van der Waals surface area contributed by atoms with Crippen LogP contribution in [-0.4, -0.2) is 12.9 Å². The van der Waals surface area contributed by atoms with Crippen molar-refractivity contribution in [3.63, 3.8) is 0 Å². The fourth-order valence-corrected chi connectivity index (χ4v) is 0.863. The van der Waals surface area contributed by atoms with Gasteiger partial charge in [-0.05, 0) is 18.2 Å². The Hall–Kier alpha value is -0.920. The van der Waals surface area contributed by atoms with Crippen LogP contribution in [0.1, 0.15) is 27.7 Å². The fourth-order valence-electron chi connectivity index (χ4n) is 0.863. The first kappa shape index (κ1) is 11.1. The lowest BCUT2D eigenvalue weighted by Crippen LogP contribution is -2.18. The summed E-state index contributed by atoms with van der Waals surface area (Å²) in [5.74, 6) is 0.330. The quantitative estimate of drug-likeness (QED) is 0.626. The molecule has 0 aromatic heterocycles. The highest BCUT2D eigenvalue weighted by Gasteiger charge is 2.22. The first-order valence-corrected chi connectivity index (χ1v) is 4.11. The van der Waals surface area contributed by atoms with E-state index in [1.165, 1.54) is 6.21 Å². The van der Waals surface area contributed by atoms with Crippen molar-refractivity contribution < 1.29 is 0 Å². The van der Waals surface area contributed by atoms with Crippen molar-refractivity contribution in [2.24, 2.45) is 16.3 Å². The Balaban J connectivity index is 4.64. The molecule has 0 bridgehead atoms. The lowest BCUT2D eigenvalue weighted by Gasteiger charge is -2.27. The van der Waals surface area contributed by atoms with Gasteiger partial charge in [0.05, 0.1) is 0 Å². The second-order valence-electron chi connectivity index (χ2n) is 4.00. The van der Waals surface area contributed by atoms with Crippen LogP contribution in [0.3, 0.4) is 0 Å². The molecule has 0 saturated carbocycles. The molecule has 0 saturated heterocycles. The zero-order valence-corrected chi connectivity index (χ0v) is 8.39. The summed E-state index contributed by atoms with van der Waals surface area (Å²) in [5, 5.41) is 6.95. The maximum absolute atomic E-state index is 6.95. The Morgan fingerprint density at radius 3 is 2.25 bits per heavy atom. The highest BCUT2D eigenvalue weighted by molar-refractivity contribution is 5.69. The zero-order chi connectivity index (χ0) is 9.78. The molecular weight excluding hydrogens is 148 g/mol. The number of rotatable bonds is 3. The summed E-state index contributed by atoms with van der Waals surface area (Å²) in [6, 6.07) is 0. The van der Waals surface area contributed by atoms with Crippen LogP contribution >= 0.6 is 0 Å². The van der Waals surface area contributed by atoms with E-state index in [4.69, 9.17) is 5.41 Å². The highest BCUT2D eigenvalue weighted by atomic mass is 14.7. The summed E-state index contributed by atoms with van der Waals surface area (Å²) in [6.07, 6.45) is 2.95. The zero-order valence-electron chi connectivity index (χ0n) is 8.39. The van der Waals surface area contributed by atoms with Crippen LogP contribution in [-0.2, 0) is 0 Å². The van der Waals surface area contributed by atoms with Gasteiger partial charge in [-0.2, -0.15) is 0 Å². The van der Waals surface area contributed by atoms with Crippen LogP contribution in [0.2, 0.25) is 0 Å². The standard InChI is InChI=1S/C10H18N2/c1-8(10(2,3)4)9(12-5)6-7-11/h6-8,11H,5H2,1-4H3/b9-6-,11-7?. The smallest absolute Gasteiger partial charge is 0.0444 e. The van der Waals surface area contributed by atoms with E-state index < -0.39 is 0 Å². The first-order valence-electron chi connectivity index (χ1n) is 4.11. The summed E-state index contributed by atoms with van der Waals surface area (Å²) in [5.41, 5.74) is 1.06. The number of allylic oxidation sites excluding steroid dienone is 2. The van der Waals surface area contributed by atoms with Gasteiger partial charge in [0.15, 0.2) is 0 Å². The van der Waals surface area contributed by atoms with E-state index in [-0.39, 0.29) is 5.41 Å². The lowest BCUT2D eigenvalue weighted by atomic mass is 9.80. The monoisotopic (exact) mass is 166 g/mol. The molecule has 0 aliphatic rings. The molecule has 0 aromatic rings. The number of hydrogen-bond acceptors (Lipinski definition) is 2. The van der Waals surface area contributed by atoms with Crippen LogP contribution in [0, 0.1) is 16.7 Å². The van der Waals surface area contributed by atoms with Gasteiger partial charge < -0.3 is 5.41 Å². The molecule has 1 unspecified atom stereocenters. The van der Waals surface area contributed by atoms with E-state index in [0.717, 1.165) is 5.70 Å². The fraction of sp³-hybridized carbons (Fsp3) is 0.600. The third kappa shape index (κ3) is 2.99. The topological polar surface area (TPSA) is 36.2 Å². The molecule has 0 rings (SSSR count). The predicted molar refractivity (Wildman–Crippen MR) is 55.0 cm³/mol. The molecule has 1 N–H and O–H groups in total. The van der Waals surface area contributed by atoms with E-state index in [1.807, 2.05) is 0 Å². The molecule has 12 heavy (non-hydrogen) atoms. The van der Waals surface area contributed by atoms with E-state index in [0.29, 0.717) is 5.92 Å². The number of nitrogens with zero attached hydrogens (tertiary/aromatic N) is 1. The van der Waals surface area contributed by atoms with Crippen molar-refractivity contribution in [2.75, 3.05) is 0 Å². The van der Waals surface area contributed by atoms with Crippen molar-refractivity contribution >= 4 is 12.9 Å². The highest BCUT2D eigenvalue weighted by Crippen LogP contribution is 2.31. The largest absolute Gasteiger partial charge is 0.309 e. The van der Waals surface area contributed by atoms with Crippen molar-refractivity contribution in [1.82, 2.24) is 0 Å². The minimum absolute atomic E-state index is 0.177. The Labute approximate surface area is 74.9 Å². The minimum Gasteiger partial charge on any atom is -0.309 e. The van der Waals surface area contributed by atoms with Crippen LogP contribution in [0.5, 0.6) is 0 Å². The van der Waals surface area contributed by atoms with E-state index in [1.54, 1.807) is 6.08 Å². The number of aliphatic imine (C=N–C) groups is 1. The van der Waals surface area contributed by atoms with Gasteiger partial charge in [-0.15, -0.1) is 0 Å². The van der Waals surface area contributed by atoms with Crippen LogP contribution in [0.15, 0.2) is 16.8 Å². The van der Waals surface area contributed by atoms with E-state index in [2.05, 4.69) is 39.4 Å². The molecule has 1 atom stereocenters. The molecular formula is C10H18N2. The summed E-state index contributed by atoms with van der Waals surface area (Å²) in [4.78, 5) is 3.90. The third-order valence-corrected chi connectivity index (χ3v) is 2.18. The van der Waals surface area contributed by atoms with Gasteiger partial charge >= 0.3 is 0 Å². The molecule has 0 aliphatic heterocycles. The number of hydrogen-bond donors (Lipinski definition) is 1. The molecule has 0 heterocycles. The second-order valence-corrected chi connectivity index (χ2v) is 4.00. The van der Waals surface area contributed by atoms with Gasteiger partial charge in [0.25, 0.3) is 0 Å². The van der Waals surface area contributed by atoms with Crippen molar-refractivity contribution in [3.05, 3.63) is 11.8 Å². The van der Waals surface area contributed by atoms with Gasteiger partial charge in [0.2, 0.25) is 0 Å². The van der Waals surface area contributed by atoms with Crippen LogP contribution < -0.4 is 0 Å².